The molecular weight excluding hydrogens is 365 g/mol. The van der Waals surface area contributed by atoms with Crippen molar-refractivity contribution >= 4 is 39.8 Å². The molecule has 0 amide bonds. The Balaban J connectivity index is 2.17. The van der Waals surface area contributed by atoms with Gasteiger partial charge in [0.25, 0.3) is 0 Å². The minimum Gasteiger partial charge on any atom is -0.476 e. The van der Waals surface area contributed by atoms with E-state index in [9.17, 15) is 0 Å². The number of nitrogens with one attached hydrogen (secondary N) is 1. The van der Waals surface area contributed by atoms with Gasteiger partial charge in [0.15, 0.2) is 0 Å². The number of hydrogen-bond donors (Lipinski definition) is 2. The zero-order valence-electron chi connectivity index (χ0n) is 11.6. The van der Waals surface area contributed by atoms with Crippen LogP contribution < -0.4 is 15.8 Å². The number of nitrogens with two attached hydrogens (primary N) is 1. The van der Waals surface area contributed by atoms with E-state index in [0.717, 1.165) is 15.1 Å². The SMILES string of the molecule is CC(C)COc1nc(Nc2ccccc2I)ccc1N. The predicted octanol–water partition coefficient (Wildman–Crippen LogP) is 4.05. The lowest BCUT2D eigenvalue weighted by Crippen LogP contribution is -2.08. The topological polar surface area (TPSA) is 60.2 Å². The third-order valence-electron chi connectivity index (χ3n) is 2.58. The van der Waals surface area contributed by atoms with Crippen molar-refractivity contribution < 1.29 is 4.74 Å². The average molecular weight is 383 g/mol. The number of nitrogen functional groups attached to an aromatic ring is 1. The molecule has 1 aromatic carbocycles. The Kier molecular flexibility index (Phi) is 5.05. The first-order valence-electron chi connectivity index (χ1n) is 6.47. The molecule has 20 heavy (non-hydrogen) atoms. The summed E-state index contributed by atoms with van der Waals surface area (Å²) in [5.74, 6) is 1.64. The molecular formula is C15H18IN3O. The summed E-state index contributed by atoms with van der Waals surface area (Å²) >= 11 is 2.28. The van der Waals surface area contributed by atoms with E-state index in [2.05, 4.69) is 46.7 Å². The number of ether oxygens (including phenoxy) is 1. The molecule has 2 rings (SSSR count). The molecule has 0 saturated carbocycles. The molecule has 0 fully saturated rings. The van der Waals surface area contributed by atoms with Gasteiger partial charge in [0.05, 0.1) is 18.0 Å². The fourth-order valence-corrected chi connectivity index (χ4v) is 2.10. The number of rotatable bonds is 5. The van der Waals surface area contributed by atoms with E-state index >= 15 is 0 Å². The number of benzene rings is 1. The minimum absolute atomic E-state index is 0.433. The van der Waals surface area contributed by atoms with E-state index in [1.165, 1.54) is 0 Å². The van der Waals surface area contributed by atoms with Crippen LogP contribution in [0.25, 0.3) is 0 Å². The van der Waals surface area contributed by atoms with E-state index in [0.29, 0.717) is 24.1 Å². The zero-order chi connectivity index (χ0) is 14.5. The Morgan fingerprint density at radius 3 is 2.70 bits per heavy atom. The molecule has 3 N–H and O–H groups in total. The van der Waals surface area contributed by atoms with Gasteiger partial charge in [-0.15, -0.1) is 0 Å². The van der Waals surface area contributed by atoms with Crippen LogP contribution in [0.4, 0.5) is 17.2 Å². The van der Waals surface area contributed by atoms with Crippen molar-refractivity contribution in [2.24, 2.45) is 5.92 Å². The molecule has 4 nitrogen and oxygen atoms in total. The van der Waals surface area contributed by atoms with E-state index in [4.69, 9.17) is 10.5 Å². The van der Waals surface area contributed by atoms with Gasteiger partial charge in [0, 0.05) is 3.57 Å². The first-order chi connectivity index (χ1) is 9.56. The predicted molar refractivity (Wildman–Crippen MR) is 91.4 cm³/mol. The summed E-state index contributed by atoms with van der Waals surface area (Å²) in [6.45, 7) is 4.78. The third-order valence-corrected chi connectivity index (χ3v) is 3.52. The van der Waals surface area contributed by atoms with Crippen LogP contribution in [-0.2, 0) is 0 Å². The average Bonchev–Trinajstić information content (AvgIpc) is 2.42. The lowest BCUT2D eigenvalue weighted by Gasteiger charge is -2.12. The number of pyridine rings is 1. The van der Waals surface area contributed by atoms with E-state index in [1.54, 1.807) is 6.07 Å². The molecule has 1 heterocycles. The summed E-state index contributed by atoms with van der Waals surface area (Å²) in [6.07, 6.45) is 0. The van der Waals surface area contributed by atoms with Gasteiger partial charge in [-0.2, -0.15) is 4.98 Å². The maximum Gasteiger partial charge on any atom is 0.239 e. The van der Waals surface area contributed by atoms with E-state index in [-0.39, 0.29) is 0 Å². The van der Waals surface area contributed by atoms with Crippen molar-refractivity contribution in [3.63, 3.8) is 0 Å². The number of para-hydroxylation sites is 1. The summed E-state index contributed by atoms with van der Waals surface area (Å²) in [5.41, 5.74) is 7.45. The number of halogens is 1. The first-order valence-corrected chi connectivity index (χ1v) is 7.55. The molecule has 0 aliphatic rings. The fraction of sp³-hybridized carbons (Fsp3) is 0.267. The van der Waals surface area contributed by atoms with Crippen LogP contribution in [0.5, 0.6) is 5.88 Å². The lowest BCUT2D eigenvalue weighted by molar-refractivity contribution is 0.263. The second kappa shape index (κ2) is 6.78. The van der Waals surface area contributed by atoms with Gasteiger partial charge in [-0.1, -0.05) is 26.0 Å². The lowest BCUT2D eigenvalue weighted by atomic mass is 10.2. The van der Waals surface area contributed by atoms with Crippen molar-refractivity contribution in [1.82, 2.24) is 4.98 Å². The third kappa shape index (κ3) is 4.00. The maximum atomic E-state index is 5.88. The quantitative estimate of drug-likeness (QED) is 0.765. The summed E-state index contributed by atoms with van der Waals surface area (Å²) in [7, 11) is 0. The molecule has 0 saturated heterocycles. The van der Waals surface area contributed by atoms with E-state index in [1.807, 2.05) is 30.3 Å². The van der Waals surface area contributed by atoms with Gasteiger partial charge in [-0.25, -0.2) is 0 Å². The van der Waals surface area contributed by atoms with Crippen LogP contribution in [0.15, 0.2) is 36.4 Å². The van der Waals surface area contributed by atoms with Crippen molar-refractivity contribution in [2.45, 2.75) is 13.8 Å². The van der Waals surface area contributed by atoms with Gasteiger partial charge in [0.1, 0.15) is 5.82 Å². The van der Waals surface area contributed by atoms with Crippen molar-refractivity contribution in [3.05, 3.63) is 40.0 Å². The Bertz CT molecular complexity index is 587. The number of aromatic nitrogens is 1. The van der Waals surface area contributed by atoms with Gasteiger partial charge in [0.2, 0.25) is 5.88 Å². The molecule has 0 aliphatic carbocycles. The molecule has 0 spiro atoms. The summed E-state index contributed by atoms with van der Waals surface area (Å²) in [6, 6.07) is 11.7. The normalized spacial score (nSPS) is 10.6. The van der Waals surface area contributed by atoms with Crippen molar-refractivity contribution in [2.75, 3.05) is 17.7 Å². The fourth-order valence-electron chi connectivity index (χ4n) is 1.58. The molecule has 2 aromatic rings. The van der Waals surface area contributed by atoms with Crippen molar-refractivity contribution in [1.29, 1.82) is 0 Å². The van der Waals surface area contributed by atoms with Gasteiger partial charge < -0.3 is 15.8 Å². The Morgan fingerprint density at radius 2 is 2.00 bits per heavy atom. The van der Waals surface area contributed by atoms with Crippen LogP contribution in [0.2, 0.25) is 0 Å². The molecule has 5 heteroatoms. The Morgan fingerprint density at radius 1 is 1.25 bits per heavy atom. The smallest absolute Gasteiger partial charge is 0.239 e. The molecule has 0 aliphatic heterocycles. The molecule has 0 atom stereocenters. The maximum absolute atomic E-state index is 5.88. The molecule has 1 aromatic heterocycles. The number of anilines is 3. The van der Waals surface area contributed by atoms with Crippen LogP contribution >= 0.6 is 22.6 Å². The highest BCUT2D eigenvalue weighted by Crippen LogP contribution is 2.25. The molecule has 0 unspecified atom stereocenters. The highest BCUT2D eigenvalue weighted by molar-refractivity contribution is 14.1. The zero-order valence-corrected chi connectivity index (χ0v) is 13.7. The summed E-state index contributed by atoms with van der Waals surface area (Å²) in [5, 5.41) is 3.27. The molecule has 0 bridgehead atoms. The second-order valence-electron chi connectivity index (χ2n) is 4.90. The first kappa shape index (κ1) is 14.9. The Hall–Kier alpha value is -1.50. The highest BCUT2D eigenvalue weighted by Gasteiger charge is 2.07. The van der Waals surface area contributed by atoms with Gasteiger partial charge in [-0.3, -0.25) is 0 Å². The van der Waals surface area contributed by atoms with Gasteiger partial charge in [-0.05, 0) is 52.8 Å². The largest absolute Gasteiger partial charge is 0.476 e. The molecule has 0 radical (unpaired) electrons. The standard InChI is InChI=1S/C15H18IN3O/c1-10(2)9-20-15-12(17)7-8-14(19-15)18-13-6-4-3-5-11(13)16/h3-8,10H,9,17H2,1-2H3,(H,18,19). The second-order valence-corrected chi connectivity index (χ2v) is 6.06. The summed E-state index contributed by atoms with van der Waals surface area (Å²) < 4.78 is 6.76. The summed E-state index contributed by atoms with van der Waals surface area (Å²) in [4.78, 5) is 4.42. The van der Waals surface area contributed by atoms with Crippen LogP contribution in [0.3, 0.4) is 0 Å². The van der Waals surface area contributed by atoms with Crippen LogP contribution in [0.1, 0.15) is 13.8 Å². The van der Waals surface area contributed by atoms with Crippen molar-refractivity contribution in [3.8, 4) is 5.88 Å². The highest BCUT2D eigenvalue weighted by atomic mass is 127. The van der Waals surface area contributed by atoms with E-state index < -0.39 is 0 Å². The minimum atomic E-state index is 0.433. The Labute approximate surface area is 132 Å². The van der Waals surface area contributed by atoms with Crippen LogP contribution in [-0.4, -0.2) is 11.6 Å². The van der Waals surface area contributed by atoms with Gasteiger partial charge >= 0.3 is 0 Å². The number of hydrogen-bond acceptors (Lipinski definition) is 4. The van der Waals surface area contributed by atoms with Crippen LogP contribution in [0, 0.1) is 9.49 Å². The molecule has 106 valence electrons. The number of nitrogens with zero attached hydrogens (tertiary/aromatic N) is 1. The monoisotopic (exact) mass is 383 g/mol.